The molecular formula is C11H13ClF5N. The molecule has 0 radical (unpaired) electrons. The third-order valence-corrected chi connectivity index (χ3v) is 2.54. The van der Waals surface area contributed by atoms with Crippen molar-refractivity contribution in [2.75, 3.05) is 0 Å². The van der Waals surface area contributed by atoms with Crippen LogP contribution >= 0.6 is 12.4 Å². The minimum absolute atomic E-state index is 0. The molecule has 0 aliphatic heterocycles. The van der Waals surface area contributed by atoms with Crippen molar-refractivity contribution >= 4 is 12.4 Å². The lowest BCUT2D eigenvalue weighted by Crippen LogP contribution is -2.46. The number of alkyl halides is 5. The van der Waals surface area contributed by atoms with Crippen LogP contribution in [0, 0.1) is 13.8 Å². The Morgan fingerprint density at radius 2 is 1.56 bits per heavy atom. The standard InChI is InChI=1S/C11H12F5N.ClH/c1-6-3-4-7(2)8(5-6)9(17)10(12,13)11(14,15)16;/h3-5,9H,17H2,1-2H3;1H/t9-;/m1./s1. The third-order valence-electron chi connectivity index (χ3n) is 2.54. The van der Waals surface area contributed by atoms with E-state index in [1.807, 2.05) is 0 Å². The highest BCUT2D eigenvalue weighted by molar-refractivity contribution is 5.85. The highest BCUT2D eigenvalue weighted by Crippen LogP contribution is 2.43. The Hall–Kier alpha value is -0.880. The van der Waals surface area contributed by atoms with Crippen LogP contribution in [0.25, 0.3) is 0 Å². The van der Waals surface area contributed by atoms with Gasteiger partial charge in [0.05, 0.1) is 0 Å². The molecule has 0 heterocycles. The van der Waals surface area contributed by atoms with E-state index in [0.29, 0.717) is 11.1 Å². The van der Waals surface area contributed by atoms with E-state index in [9.17, 15) is 22.0 Å². The maximum Gasteiger partial charge on any atom is 0.455 e. The molecule has 0 spiro atoms. The topological polar surface area (TPSA) is 26.0 Å². The molecule has 1 nitrogen and oxygen atoms in total. The van der Waals surface area contributed by atoms with Gasteiger partial charge >= 0.3 is 12.1 Å². The van der Waals surface area contributed by atoms with Crippen LogP contribution in [0.4, 0.5) is 22.0 Å². The van der Waals surface area contributed by atoms with E-state index < -0.39 is 18.1 Å². The second-order valence-electron chi connectivity index (χ2n) is 3.96. The quantitative estimate of drug-likeness (QED) is 0.821. The molecule has 0 fully saturated rings. The molecule has 0 saturated carbocycles. The molecule has 1 aromatic rings. The summed E-state index contributed by atoms with van der Waals surface area (Å²) in [6, 6.07) is 1.95. The molecule has 0 aromatic heterocycles. The van der Waals surface area contributed by atoms with Crippen LogP contribution in [-0.2, 0) is 0 Å². The summed E-state index contributed by atoms with van der Waals surface area (Å²) in [6.07, 6.45) is -5.65. The van der Waals surface area contributed by atoms with E-state index in [1.54, 1.807) is 13.0 Å². The fraction of sp³-hybridized carbons (Fsp3) is 0.455. The lowest BCUT2D eigenvalue weighted by atomic mass is 9.95. The van der Waals surface area contributed by atoms with Gasteiger partial charge in [0, 0.05) is 0 Å². The number of hydrogen-bond acceptors (Lipinski definition) is 1. The summed E-state index contributed by atoms with van der Waals surface area (Å²) in [4.78, 5) is 0. The van der Waals surface area contributed by atoms with Crippen LogP contribution < -0.4 is 5.73 Å². The Morgan fingerprint density at radius 3 is 2.00 bits per heavy atom. The largest absolute Gasteiger partial charge is 0.455 e. The highest BCUT2D eigenvalue weighted by atomic mass is 35.5. The highest BCUT2D eigenvalue weighted by Gasteiger charge is 2.61. The number of hydrogen-bond donors (Lipinski definition) is 1. The minimum Gasteiger partial charge on any atom is -0.319 e. The predicted octanol–water partition coefficient (Wildman–Crippen LogP) is 3.92. The van der Waals surface area contributed by atoms with Gasteiger partial charge in [0.2, 0.25) is 0 Å². The van der Waals surface area contributed by atoms with E-state index in [1.165, 1.54) is 19.1 Å². The summed E-state index contributed by atoms with van der Waals surface area (Å²) in [6.45, 7) is 3.04. The fourth-order valence-corrected chi connectivity index (χ4v) is 1.47. The molecule has 0 saturated heterocycles. The van der Waals surface area contributed by atoms with Gasteiger partial charge in [-0.1, -0.05) is 23.8 Å². The number of rotatable bonds is 2. The van der Waals surface area contributed by atoms with Gasteiger partial charge in [0.1, 0.15) is 6.04 Å². The zero-order valence-electron chi connectivity index (χ0n) is 9.68. The normalized spacial score (nSPS) is 14.0. The third kappa shape index (κ3) is 3.11. The van der Waals surface area contributed by atoms with Gasteiger partial charge < -0.3 is 5.73 Å². The summed E-state index contributed by atoms with van der Waals surface area (Å²) in [5.74, 6) is -4.94. The zero-order valence-corrected chi connectivity index (χ0v) is 10.5. The van der Waals surface area contributed by atoms with E-state index in [0.717, 1.165) is 0 Å². The van der Waals surface area contributed by atoms with Crippen LogP contribution in [0.15, 0.2) is 18.2 Å². The predicted molar refractivity (Wildman–Crippen MR) is 61.1 cm³/mol. The summed E-state index contributed by atoms with van der Waals surface area (Å²) >= 11 is 0. The maximum absolute atomic E-state index is 13.1. The minimum atomic E-state index is -5.65. The molecule has 1 rings (SSSR count). The van der Waals surface area contributed by atoms with Crippen molar-refractivity contribution in [1.29, 1.82) is 0 Å². The average Bonchev–Trinajstić information content (AvgIpc) is 2.19. The molecule has 0 bridgehead atoms. The van der Waals surface area contributed by atoms with Crippen molar-refractivity contribution in [3.63, 3.8) is 0 Å². The number of benzene rings is 1. The molecule has 7 heteroatoms. The molecule has 104 valence electrons. The van der Waals surface area contributed by atoms with Gasteiger partial charge in [-0.2, -0.15) is 22.0 Å². The first-order valence-electron chi connectivity index (χ1n) is 4.84. The summed E-state index contributed by atoms with van der Waals surface area (Å²) in [5, 5.41) is 0. The summed E-state index contributed by atoms with van der Waals surface area (Å²) < 4.78 is 62.7. The van der Waals surface area contributed by atoms with Gasteiger partial charge in [0.25, 0.3) is 0 Å². The van der Waals surface area contributed by atoms with Crippen molar-refractivity contribution in [1.82, 2.24) is 0 Å². The molecule has 18 heavy (non-hydrogen) atoms. The molecule has 0 aliphatic carbocycles. The van der Waals surface area contributed by atoms with Crippen molar-refractivity contribution in [3.05, 3.63) is 34.9 Å². The molecule has 1 aromatic carbocycles. The number of aryl methyl sites for hydroxylation is 2. The first-order chi connectivity index (χ1) is 7.57. The molecule has 0 aliphatic rings. The van der Waals surface area contributed by atoms with E-state index in [2.05, 4.69) is 0 Å². The van der Waals surface area contributed by atoms with Crippen molar-refractivity contribution in [2.24, 2.45) is 5.73 Å². The second-order valence-corrected chi connectivity index (χ2v) is 3.96. The Balaban J connectivity index is 0.00000289. The number of nitrogens with two attached hydrogens (primary N) is 1. The van der Waals surface area contributed by atoms with E-state index in [-0.39, 0.29) is 18.0 Å². The molecule has 1 atom stereocenters. The van der Waals surface area contributed by atoms with E-state index >= 15 is 0 Å². The Labute approximate surface area is 108 Å². The molecular weight excluding hydrogens is 277 g/mol. The Kier molecular flexibility index (Phi) is 5.14. The molecule has 2 N–H and O–H groups in total. The summed E-state index contributed by atoms with van der Waals surface area (Å²) in [5.41, 5.74) is 5.77. The van der Waals surface area contributed by atoms with Crippen LogP contribution in [0.5, 0.6) is 0 Å². The SMILES string of the molecule is Cc1ccc(C)c([C@@H](N)C(F)(F)C(F)(F)F)c1.Cl. The van der Waals surface area contributed by atoms with Crippen LogP contribution in [0.3, 0.4) is 0 Å². The van der Waals surface area contributed by atoms with Crippen LogP contribution in [0.1, 0.15) is 22.7 Å². The lowest BCUT2D eigenvalue weighted by Gasteiger charge is -2.27. The van der Waals surface area contributed by atoms with Crippen molar-refractivity contribution < 1.29 is 22.0 Å². The molecule has 0 unspecified atom stereocenters. The molecule has 0 amide bonds. The van der Waals surface area contributed by atoms with Gasteiger partial charge in [-0.15, -0.1) is 12.4 Å². The lowest BCUT2D eigenvalue weighted by molar-refractivity contribution is -0.291. The van der Waals surface area contributed by atoms with Crippen molar-refractivity contribution in [3.8, 4) is 0 Å². The summed E-state index contributed by atoms with van der Waals surface area (Å²) in [7, 11) is 0. The van der Waals surface area contributed by atoms with Crippen LogP contribution in [0.2, 0.25) is 0 Å². The van der Waals surface area contributed by atoms with Gasteiger partial charge in [-0.3, -0.25) is 0 Å². The monoisotopic (exact) mass is 289 g/mol. The zero-order chi connectivity index (χ0) is 13.4. The maximum atomic E-state index is 13.1. The van der Waals surface area contributed by atoms with Crippen molar-refractivity contribution in [2.45, 2.75) is 32.0 Å². The smallest absolute Gasteiger partial charge is 0.319 e. The second kappa shape index (κ2) is 5.40. The van der Waals surface area contributed by atoms with E-state index in [4.69, 9.17) is 5.73 Å². The Morgan fingerprint density at radius 1 is 1.06 bits per heavy atom. The van der Waals surface area contributed by atoms with Crippen LogP contribution in [-0.4, -0.2) is 12.1 Å². The first kappa shape index (κ1) is 17.1. The fourth-order valence-electron chi connectivity index (χ4n) is 1.47. The average molecular weight is 290 g/mol. The first-order valence-corrected chi connectivity index (χ1v) is 4.84. The van der Waals surface area contributed by atoms with Gasteiger partial charge in [0.15, 0.2) is 0 Å². The van der Waals surface area contributed by atoms with Gasteiger partial charge in [-0.25, -0.2) is 0 Å². The number of halogens is 6. The Bertz CT molecular complexity index is 416. The van der Waals surface area contributed by atoms with Gasteiger partial charge in [-0.05, 0) is 25.0 Å².